The average molecular weight is 648 g/mol. The molecular formula is C18H26N4O18P2. The molecule has 0 radical (unpaired) electrons. The number of phosphoric acid groups is 2. The van der Waals surface area contributed by atoms with Gasteiger partial charge in [-0.3, -0.25) is 37.7 Å². The second-order valence-electron chi connectivity index (χ2n) is 8.70. The van der Waals surface area contributed by atoms with Gasteiger partial charge < -0.3 is 49.5 Å². The van der Waals surface area contributed by atoms with Crippen molar-refractivity contribution in [2.75, 3.05) is 13.2 Å². The molecule has 10 N–H and O–H groups in total. The van der Waals surface area contributed by atoms with E-state index in [1.165, 1.54) is 0 Å². The van der Waals surface area contributed by atoms with Gasteiger partial charge in [0.1, 0.15) is 36.6 Å². The first-order valence-electron chi connectivity index (χ1n) is 11.4. The zero-order valence-electron chi connectivity index (χ0n) is 20.8. The summed E-state index contributed by atoms with van der Waals surface area (Å²) in [5, 5.41) is 39.1. The minimum absolute atomic E-state index is 0.648. The summed E-state index contributed by atoms with van der Waals surface area (Å²) in [6.45, 7) is -1.37. The number of aliphatic hydroxyl groups is 4. The van der Waals surface area contributed by atoms with Gasteiger partial charge in [-0.05, 0) is 0 Å². The zero-order chi connectivity index (χ0) is 31.6. The molecule has 0 aliphatic carbocycles. The summed E-state index contributed by atoms with van der Waals surface area (Å²) < 4.78 is 41.6. The van der Waals surface area contributed by atoms with Crippen LogP contribution in [0.1, 0.15) is 12.5 Å². The number of phosphoric ester groups is 2. The van der Waals surface area contributed by atoms with Crippen LogP contribution in [0.2, 0.25) is 0 Å². The van der Waals surface area contributed by atoms with Crippen molar-refractivity contribution in [3.05, 3.63) is 66.2 Å². The van der Waals surface area contributed by atoms with Gasteiger partial charge in [0, 0.05) is 24.5 Å². The quantitative estimate of drug-likeness (QED) is 0.119. The maximum atomic E-state index is 11.6. The van der Waals surface area contributed by atoms with Gasteiger partial charge in [-0.25, -0.2) is 18.7 Å². The molecule has 2 saturated heterocycles. The van der Waals surface area contributed by atoms with E-state index in [2.05, 4.69) is 9.05 Å². The van der Waals surface area contributed by atoms with Crippen LogP contribution in [0.4, 0.5) is 0 Å². The molecule has 2 aromatic heterocycles. The predicted octanol–water partition coefficient (Wildman–Crippen LogP) is -5.47. The van der Waals surface area contributed by atoms with Crippen molar-refractivity contribution in [1.82, 2.24) is 19.1 Å². The number of aliphatic hydroxyl groups excluding tert-OH is 4. The van der Waals surface area contributed by atoms with Crippen molar-refractivity contribution < 1.29 is 67.7 Å². The Bertz CT molecular complexity index is 1440. The van der Waals surface area contributed by atoms with Gasteiger partial charge in [0.2, 0.25) is 0 Å². The van der Waals surface area contributed by atoms with Gasteiger partial charge in [0.25, 0.3) is 11.1 Å². The standard InChI is InChI=1S/2C9H13N2O9P/c2*12-5-1-2-11(9(15)10-5)8-7(14)6(13)4(20-8)3-19-21(16,17)18/h2*1-2,4,6-8,13-14H,3H2,(H,10,12,15)(H2,16,17,18)/t2*4-,6-,7-,8-/m11/s1. The summed E-state index contributed by atoms with van der Waals surface area (Å²) in [4.78, 5) is 83.3. The highest BCUT2D eigenvalue weighted by molar-refractivity contribution is 7.46. The van der Waals surface area contributed by atoms with Gasteiger partial charge in [-0.2, -0.15) is 0 Å². The number of aromatic nitrogens is 4. The second kappa shape index (κ2) is 13.3. The summed E-state index contributed by atoms with van der Waals surface area (Å²) in [7, 11) is -9.52. The summed E-state index contributed by atoms with van der Waals surface area (Å²) in [6, 6.07) is 2.03. The first kappa shape index (κ1) is 33.8. The first-order valence-corrected chi connectivity index (χ1v) is 14.5. The smallest absolute Gasteiger partial charge is 0.387 e. The molecule has 24 heteroatoms. The van der Waals surface area contributed by atoms with Gasteiger partial charge in [-0.15, -0.1) is 0 Å². The summed E-state index contributed by atoms with van der Waals surface area (Å²) in [6.07, 6.45) is -9.17. The predicted molar refractivity (Wildman–Crippen MR) is 130 cm³/mol. The Morgan fingerprint density at radius 3 is 1.29 bits per heavy atom. The third-order valence-corrected chi connectivity index (χ3v) is 6.71. The molecule has 22 nitrogen and oxygen atoms in total. The van der Waals surface area contributed by atoms with Gasteiger partial charge in [0.15, 0.2) is 12.5 Å². The van der Waals surface area contributed by atoms with E-state index in [0.29, 0.717) is 0 Å². The van der Waals surface area contributed by atoms with Crippen molar-refractivity contribution in [3.8, 4) is 0 Å². The van der Waals surface area contributed by atoms with E-state index in [4.69, 9.17) is 29.0 Å². The lowest BCUT2D eigenvalue weighted by Gasteiger charge is -2.16. The highest BCUT2D eigenvalue weighted by Gasteiger charge is 2.46. The Labute approximate surface area is 231 Å². The second-order valence-corrected chi connectivity index (χ2v) is 11.2. The van der Waals surface area contributed by atoms with E-state index < -0.39 is 100 Å². The first-order chi connectivity index (χ1) is 19.4. The Morgan fingerprint density at radius 2 is 1.00 bits per heavy atom. The van der Waals surface area contributed by atoms with E-state index in [0.717, 1.165) is 33.7 Å². The fourth-order valence-corrected chi connectivity index (χ4v) is 4.47. The lowest BCUT2D eigenvalue weighted by atomic mass is 10.1. The molecule has 0 unspecified atom stereocenters. The van der Waals surface area contributed by atoms with Crippen LogP contribution in [0, 0.1) is 0 Å². The zero-order valence-corrected chi connectivity index (χ0v) is 22.6. The highest BCUT2D eigenvalue weighted by Crippen LogP contribution is 2.39. The molecule has 2 aliphatic rings. The van der Waals surface area contributed by atoms with Crippen LogP contribution in [0.15, 0.2) is 43.7 Å². The Morgan fingerprint density at radius 1 is 0.667 bits per heavy atom. The monoisotopic (exact) mass is 648 g/mol. The fraction of sp³-hybridized carbons (Fsp3) is 0.556. The molecule has 236 valence electrons. The van der Waals surface area contributed by atoms with Crippen LogP contribution in [0.3, 0.4) is 0 Å². The van der Waals surface area contributed by atoms with Crippen molar-refractivity contribution in [1.29, 1.82) is 0 Å². The molecule has 4 rings (SSSR count). The number of rotatable bonds is 8. The maximum Gasteiger partial charge on any atom is 0.469 e. The number of nitrogens with zero attached hydrogens (tertiary/aromatic N) is 2. The van der Waals surface area contributed by atoms with Crippen LogP contribution >= 0.6 is 15.6 Å². The van der Waals surface area contributed by atoms with Crippen LogP contribution in [0.25, 0.3) is 0 Å². The molecule has 2 fully saturated rings. The lowest BCUT2D eigenvalue weighted by molar-refractivity contribution is -0.0543. The molecule has 0 bridgehead atoms. The molecule has 8 atom stereocenters. The molecule has 2 aromatic rings. The van der Waals surface area contributed by atoms with Crippen LogP contribution in [-0.2, 0) is 27.7 Å². The molecule has 2 aliphatic heterocycles. The van der Waals surface area contributed by atoms with Crippen LogP contribution in [0.5, 0.6) is 0 Å². The molecular weight excluding hydrogens is 622 g/mol. The minimum Gasteiger partial charge on any atom is -0.387 e. The van der Waals surface area contributed by atoms with E-state index in [1.807, 2.05) is 9.97 Å². The molecule has 4 heterocycles. The van der Waals surface area contributed by atoms with Crippen molar-refractivity contribution >= 4 is 15.6 Å². The molecule has 0 saturated carbocycles. The lowest BCUT2D eigenvalue weighted by Crippen LogP contribution is -2.37. The van der Waals surface area contributed by atoms with E-state index in [1.54, 1.807) is 0 Å². The molecule has 0 spiro atoms. The topological polar surface area (TPSA) is 343 Å². The average Bonchev–Trinajstić information content (AvgIpc) is 3.31. The number of ether oxygens (including phenoxy) is 2. The summed E-state index contributed by atoms with van der Waals surface area (Å²) in [5.74, 6) is 0. The minimum atomic E-state index is -4.76. The Balaban J connectivity index is 0.000000230. The number of nitrogens with one attached hydrogen (secondary N) is 2. The van der Waals surface area contributed by atoms with Crippen LogP contribution in [-0.4, -0.2) is 109 Å². The van der Waals surface area contributed by atoms with Crippen molar-refractivity contribution in [2.45, 2.75) is 49.1 Å². The third-order valence-electron chi connectivity index (χ3n) is 5.74. The number of H-pyrrole nitrogens is 2. The molecule has 42 heavy (non-hydrogen) atoms. The number of hydrogen-bond donors (Lipinski definition) is 10. The SMILES string of the molecule is O=c1ccn([C@@H]2O[C@H](COP(=O)(O)O)[C@@H](O)[C@H]2O)c(=O)[nH]1.O=c1ccn([C@@H]2O[C@H](COP(=O)(O)O)[C@@H](O)[C@H]2O)c(=O)[nH]1. The van der Waals surface area contributed by atoms with Gasteiger partial charge >= 0.3 is 27.0 Å². The largest absolute Gasteiger partial charge is 0.469 e. The van der Waals surface area contributed by atoms with E-state index in [-0.39, 0.29) is 0 Å². The maximum absolute atomic E-state index is 11.6. The fourth-order valence-electron chi connectivity index (χ4n) is 3.79. The Kier molecular flexibility index (Phi) is 10.7. The Hall–Kier alpha value is -2.66. The van der Waals surface area contributed by atoms with Crippen molar-refractivity contribution in [2.24, 2.45) is 0 Å². The highest BCUT2D eigenvalue weighted by atomic mass is 31.2. The van der Waals surface area contributed by atoms with Gasteiger partial charge in [-0.1, -0.05) is 0 Å². The summed E-state index contributed by atoms with van der Waals surface area (Å²) in [5.41, 5.74) is -3.03. The molecule has 0 amide bonds. The third kappa shape index (κ3) is 8.69. The number of hydrogen-bond acceptors (Lipinski definition) is 14. The number of aromatic amines is 2. The normalized spacial score (nSPS) is 29.7. The summed E-state index contributed by atoms with van der Waals surface area (Å²) >= 11 is 0. The molecule has 0 aromatic carbocycles. The van der Waals surface area contributed by atoms with Crippen LogP contribution < -0.4 is 22.5 Å². The van der Waals surface area contributed by atoms with Crippen molar-refractivity contribution in [3.63, 3.8) is 0 Å². The van der Waals surface area contributed by atoms with E-state index in [9.17, 15) is 48.7 Å². The van der Waals surface area contributed by atoms with Gasteiger partial charge in [0.05, 0.1) is 13.2 Å². The van der Waals surface area contributed by atoms with E-state index >= 15 is 0 Å².